The number of hydrogen-bond donors (Lipinski definition) is 0. The fraction of sp³-hybridized carbons (Fsp3) is 0.923. The van der Waals surface area contributed by atoms with Crippen molar-refractivity contribution >= 4 is 30.7 Å². The van der Waals surface area contributed by atoms with E-state index in [0.29, 0.717) is 0 Å². The summed E-state index contributed by atoms with van der Waals surface area (Å²) in [4.78, 5) is 0. The van der Waals surface area contributed by atoms with Gasteiger partial charge in [-0.3, -0.25) is 0 Å². The van der Waals surface area contributed by atoms with E-state index in [1.807, 2.05) is 7.05 Å². The summed E-state index contributed by atoms with van der Waals surface area (Å²) >= 11 is 2.61. The molecular formula is C13H31IN3PTi. The quantitative estimate of drug-likeness (QED) is 0.190. The minimum Gasteiger partial charge on any atom is -0.668 e. The third-order valence-electron chi connectivity index (χ3n) is 2.41. The molecule has 3 unspecified atom stereocenters. The van der Waals surface area contributed by atoms with Crippen molar-refractivity contribution in [2.24, 2.45) is 5.92 Å². The molecule has 0 aromatic rings. The second-order valence-electron chi connectivity index (χ2n) is 4.14. The molecule has 114 valence electrons. The van der Waals surface area contributed by atoms with Gasteiger partial charge in [-0.1, -0.05) is 35.7 Å². The molecule has 0 spiro atoms. The Labute approximate surface area is 152 Å². The van der Waals surface area contributed by atoms with Crippen LogP contribution >= 0.6 is 30.7 Å². The van der Waals surface area contributed by atoms with E-state index in [2.05, 4.69) is 45.0 Å². The molecule has 0 N–H and O–H groups in total. The van der Waals surface area contributed by atoms with Crippen LogP contribution in [0.1, 0.15) is 19.3 Å². The van der Waals surface area contributed by atoms with Crippen LogP contribution in [0.15, 0.2) is 0 Å². The van der Waals surface area contributed by atoms with E-state index in [9.17, 15) is 0 Å². The molecule has 1 aliphatic rings. The van der Waals surface area contributed by atoms with Gasteiger partial charge in [0.2, 0.25) is 0 Å². The molecule has 0 bridgehead atoms. The molecule has 0 heterocycles. The molecule has 1 rings (SSSR count). The first-order valence-corrected chi connectivity index (χ1v) is 9.15. The molecule has 0 amide bonds. The molecule has 1 fully saturated rings. The minimum atomic E-state index is 0. The summed E-state index contributed by atoms with van der Waals surface area (Å²) in [6, 6.07) is 0. The second kappa shape index (κ2) is 22.0. The van der Waals surface area contributed by atoms with E-state index in [4.69, 9.17) is 0 Å². The molecule has 0 aromatic heterocycles. The number of rotatable bonds is 3. The summed E-state index contributed by atoms with van der Waals surface area (Å²) in [7, 11) is 8.97. The van der Waals surface area contributed by atoms with Crippen LogP contribution in [0.3, 0.4) is 0 Å². The van der Waals surface area contributed by atoms with Crippen molar-refractivity contribution in [3.8, 4) is 0 Å². The van der Waals surface area contributed by atoms with Gasteiger partial charge in [0.25, 0.3) is 0 Å². The van der Waals surface area contributed by atoms with E-state index in [1.54, 1.807) is 28.2 Å². The largest absolute Gasteiger partial charge is 4.00 e. The van der Waals surface area contributed by atoms with Crippen molar-refractivity contribution in [1.29, 1.82) is 0 Å². The van der Waals surface area contributed by atoms with Gasteiger partial charge in [-0.05, 0) is 24.9 Å². The van der Waals surface area contributed by atoms with Crippen molar-refractivity contribution < 1.29 is 21.7 Å². The maximum Gasteiger partial charge on any atom is 4.00 e. The fourth-order valence-corrected chi connectivity index (χ4v) is 4.35. The number of nitrogens with zero attached hydrogens (tertiary/aromatic N) is 3. The second-order valence-corrected chi connectivity index (χ2v) is 7.82. The number of hydrogen-bond acceptors (Lipinski definition) is 0. The molecule has 6 heteroatoms. The molecule has 0 aliphatic heterocycles. The maximum absolute atomic E-state index is 4.35. The Kier molecular flexibility index (Phi) is 33.5. The summed E-state index contributed by atoms with van der Waals surface area (Å²) in [6.07, 6.45) is 5.72. The average Bonchev–Trinajstić information content (AvgIpc) is 2.66. The Hall–Kier alpha value is 1.75. The van der Waals surface area contributed by atoms with Gasteiger partial charge in [-0.25, -0.2) is 8.07 Å². The Morgan fingerprint density at radius 1 is 1.05 bits per heavy atom. The number of alkyl halides is 1. The van der Waals surface area contributed by atoms with E-state index in [0.717, 1.165) is 9.84 Å². The summed E-state index contributed by atoms with van der Waals surface area (Å²) in [5.74, 6) is 0.982. The van der Waals surface area contributed by atoms with Gasteiger partial charge in [0.1, 0.15) is 0 Å². The van der Waals surface area contributed by atoms with Gasteiger partial charge in [0, 0.05) is 3.92 Å². The first-order valence-electron chi connectivity index (χ1n) is 5.98. The van der Waals surface area contributed by atoms with E-state index >= 15 is 0 Å². The molecule has 3 nitrogen and oxygen atoms in total. The van der Waals surface area contributed by atoms with Gasteiger partial charge < -0.3 is 23.1 Å². The Balaban J connectivity index is -0.000000122. The van der Waals surface area contributed by atoms with Gasteiger partial charge in [-0.15, -0.1) is 0 Å². The minimum absolute atomic E-state index is 0. The van der Waals surface area contributed by atoms with Gasteiger partial charge in [-0.2, -0.15) is 35.2 Å². The third-order valence-corrected chi connectivity index (χ3v) is 5.73. The van der Waals surface area contributed by atoms with Gasteiger partial charge in [0.15, 0.2) is 0 Å². The molecule has 0 saturated heterocycles. The van der Waals surface area contributed by atoms with Crippen LogP contribution in [0.2, 0.25) is 0 Å². The Bertz CT molecular complexity index is 154. The standard InChI is InChI=1S/C8H16INP.2C2H6N.CH3.Ti/c1-10-11(2)6-7-4-3-5-8(7)9;2*1-3-2;;/h7-8H,3-6H2,1-2H3;2*1-2H3;1H3;/q4*-1;+4. The Morgan fingerprint density at radius 2 is 1.47 bits per heavy atom. The van der Waals surface area contributed by atoms with Crippen LogP contribution in [0.5, 0.6) is 0 Å². The maximum atomic E-state index is 4.35. The van der Waals surface area contributed by atoms with E-state index in [-0.39, 0.29) is 37.2 Å². The predicted octanol–water partition coefficient (Wildman–Crippen LogP) is 5.31. The van der Waals surface area contributed by atoms with Crippen LogP contribution < -0.4 is 0 Å². The summed E-state index contributed by atoms with van der Waals surface area (Å²) in [6.45, 7) is 2.29. The molecule has 19 heavy (non-hydrogen) atoms. The molecule has 1 aliphatic carbocycles. The summed E-state index contributed by atoms with van der Waals surface area (Å²) in [5, 5.41) is 11.3. The van der Waals surface area contributed by atoms with Crippen LogP contribution in [0.4, 0.5) is 0 Å². The summed E-state index contributed by atoms with van der Waals surface area (Å²) < 4.78 is 0.944. The zero-order valence-corrected chi connectivity index (χ0v) is 18.3. The molecular weight excluding hydrogens is 404 g/mol. The molecule has 3 atom stereocenters. The monoisotopic (exact) mass is 435 g/mol. The Morgan fingerprint density at radius 3 is 1.74 bits per heavy atom. The third kappa shape index (κ3) is 19.8. The van der Waals surface area contributed by atoms with Crippen molar-refractivity contribution in [3.05, 3.63) is 23.1 Å². The van der Waals surface area contributed by atoms with Gasteiger partial charge >= 0.3 is 21.7 Å². The van der Waals surface area contributed by atoms with Crippen LogP contribution in [-0.2, 0) is 21.7 Å². The smallest absolute Gasteiger partial charge is 0.668 e. The average molecular weight is 435 g/mol. The first-order chi connectivity index (χ1) is 8.06. The van der Waals surface area contributed by atoms with Crippen LogP contribution in [0.25, 0.3) is 15.7 Å². The van der Waals surface area contributed by atoms with E-state index in [1.165, 1.54) is 25.4 Å². The normalized spacial score (nSPS) is 21.6. The predicted molar refractivity (Wildman–Crippen MR) is 99.0 cm³/mol. The van der Waals surface area contributed by atoms with Crippen LogP contribution in [-0.4, -0.2) is 52.0 Å². The first kappa shape index (κ1) is 28.9. The van der Waals surface area contributed by atoms with Gasteiger partial charge in [0.05, 0.1) is 0 Å². The molecule has 0 radical (unpaired) electrons. The zero-order chi connectivity index (χ0) is 13.7. The van der Waals surface area contributed by atoms with Crippen molar-refractivity contribution in [1.82, 2.24) is 0 Å². The fourth-order valence-electron chi connectivity index (χ4n) is 1.62. The molecule has 1 saturated carbocycles. The zero-order valence-electron chi connectivity index (χ0n) is 13.6. The topological polar surface area (TPSA) is 42.3 Å². The van der Waals surface area contributed by atoms with Crippen LogP contribution in [0, 0.1) is 13.3 Å². The van der Waals surface area contributed by atoms with Crippen molar-refractivity contribution in [3.63, 3.8) is 0 Å². The summed E-state index contributed by atoms with van der Waals surface area (Å²) in [5.41, 5.74) is 0. The van der Waals surface area contributed by atoms with Crippen molar-refractivity contribution in [2.45, 2.75) is 23.2 Å². The van der Waals surface area contributed by atoms with Crippen molar-refractivity contribution in [2.75, 3.05) is 48.1 Å². The molecule has 0 aromatic carbocycles. The number of halogens is 1. The SMILES string of the molecule is C[N-]C.C[N-]C.C[N-]P(C)CC1CCCC1I.[CH3-].[Ti+4]. The van der Waals surface area contributed by atoms with E-state index < -0.39 is 0 Å².